The molecule has 0 aromatic heterocycles. The number of hydrogen-bond acceptors (Lipinski definition) is 3. The largest absolute Gasteiger partial charge is 0.292 e. The molecule has 25 heavy (non-hydrogen) atoms. The predicted molar refractivity (Wildman–Crippen MR) is 96.1 cm³/mol. The van der Waals surface area contributed by atoms with Gasteiger partial charge in [-0.2, -0.15) is 0 Å². The monoisotopic (exact) mass is 362 g/mol. The molecule has 134 valence electrons. The third-order valence-corrected chi connectivity index (χ3v) is 6.49. The van der Waals surface area contributed by atoms with Gasteiger partial charge in [0.2, 0.25) is 10.0 Å². The Bertz CT molecular complexity index is 835. The van der Waals surface area contributed by atoms with Crippen molar-refractivity contribution in [3.8, 4) is 0 Å². The first-order valence-electron chi connectivity index (χ1n) is 8.39. The Balaban J connectivity index is 1.81. The lowest BCUT2D eigenvalue weighted by Crippen LogP contribution is -2.24. The molecule has 1 saturated heterocycles. The highest BCUT2D eigenvalue weighted by Gasteiger charge is 2.26. The molecule has 0 amide bonds. The summed E-state index contributed by atoms with van der Waals surface area (Å²) in [6, 6.07) is 14.0. The van der Waals surface area contributed by atoms with Crippen molar-refractivity contribution in [3.05, 3.63) is 65.5 Å². The average Bonchev–Trinajstić information content (AvgIpc) is 3.04. The van der Waals surface area contributed by atoms with Gasteiger partial charge in [-0.05, 0) is 54.8 Å². The first-order valence-corrected chi connectivity index (χ1v) is 9.83. The normalized spacial score (nSPS) is 18.8. The van der Waals surface area contributed by atoms with E-state index in [0.29, 0.717) is 11.4 Å². The number of likely N-dealkylation sites (tertiary alicyclic amines) is 1. The number of hydrogen-bond donors (Lipinski definition) is 0. The molecule has 0 saturated carbocycles. The molecule has 3 rings (SSSR count). The topological polar surface area (TPSA) is 40.6 Å². The molecule has 1 unspecified atom stereocenters. The highest BCUT2D eigenvalue weighted by molar-refractivity contribution is 7.89. The van der Waals surface area contributed by atoms with Crippen LogP contribution in [0.4, 0.5) is 4.39 Å². The molecule has 1 fully saturated rings. The summed E-state index contributed by atoms with van der Waals surface area (Å²) < 4.78 is 39.0. The number of nitrogens with zero attached hydrogens (tertiary/aromatic N) is 2. The van der Waals surface area contributed by atoms with Crippen LogP contribution in [0.2, 0.25) is 0 Å². The molecule has 2 aromatic carbocycles. The fourth-order valence-corrected chi connectivity index (χ4v) is 4.30. The molecular weight excluding hydrogens is 339 g/mol. The van der Waals surface area contributed by atoms with E-state index >= 15 is 0 Å². The molecule has 1 aliphatic heterocycles. The van der Waals surface area contributed by atoms with Crippen LogP contribution in [0, 0.1) is 5.82 Å². The van der Waals surface area contributed by atoms with Gasteiger partial charge in [0, 0.05) is 26.7 Å². The maximum absolute atomic E-state index is 13.2. The second-order valence-corrected chi connectivity index (χ2v) is 8.77. The van der Waals surface area contributed by atoms with Crippen molar-refractivity contribution in [1.29, 1.82) is 0 Å². The molecule has 0 aliphatic carbocycles. The Morgan fingerprint density at radius 2 is 1.88 bits per heavy atom. The summed E-state index contributed by atoms with van der Waals surface area (Å²) in [4.78, 5) is 2.64. The maximum atomic E-state index is 13.2. The summed E-state index contributed by atoms with van der Waals surface area (Å²) in [5, 5.41) is 0. The molecular formula is C19H23FN2O2S. The first-order chi connectivity index (χ1) is 11.9. The standard InChI is InChI=1S/C19H23FN2O2S/c1-21(2)25(23,24)18-6-3-5-15(13-18)14-22-12-4-7-19(22)16-8-10-17(20)11-9-16/h3,5-6,8-11,13,19H,4,7,12,14H2,1-2H3. The van der Waals surface area contributed by atoms with E-state index in [9.17, 15) is 12.8 Å². The summed E-state index contributed by atoms with van der Waals surface area (Å²) in [7, 11) is -0.361. The lowest BCUT2D eigenvalue weighted by Gasteiger charge is -2.25. The van der Waals surface area contributed by atoms with Crippen molar-refractivity contribution >= 4 is 10.0 Å². The zero-order chi connectivity index (χ0) is 18.0. The number of benzene rings is 2. The number of sulfonamides is 1. The van der Waals surface area contributed by atoms with Crippen molar-refractivity contribution in [3.63, 3.8) is 0 Å². The average molecular weight is 362 g/mol. The summed E-state index contributed by atoms with van der Waals surface area (Å²) in [5.41, 5.74) is 2.08. The summed E-state index contributed by atoms with van der Waals surface area (Å²) >= 11 is 0. The van der Waals surface area contributed by atoms with E-state index in [2.05, 4.69) is 4.90 Å². The van der Waals surface area contributed by atoms with Gasteiger partial charge in [-0.25, -0.2) is 17.1 Å². The Morgan fingerprint density at radius 1 is 1.16 bits per heavy atom. The Kier molecular flexibility index (Phi) is 5.22. The van der Waals surface area contributed by atoms with Crippen molar-refractivity contribution in [1.82, 2.24) is 9.21 Å². The summed E-state index contributed by atoms with van der Waals surface area (Å²) in [6.45, 7) is 1.63. The minimum absolute atomic E-state index is 0.227. The van der Waals surface area contributed by atoms with E-state index in [1.54, 1.807) is 18.2 Å². The van der Waals surface area contributed by atoms with Crippen LogP contribution in [0.1, 0.15) is 30.0 Å². The molecule has 1 atom stereocenters. The molecule has 0 N–H and O–H groups in total. The van der Waals surface area contributed by atoms with Crippen molar-refractivity contribution in [2.75, 3.05) is 20.6 Å². The maximum Gasteiger partial charge on any atom is 0.242 e. The Hall–Kier alpha value is -1.76. The quantitative estimate of drug-likeness (QED) is 0.818. The Labute approximate surface area is 148 Å². The van der Waals surface area contributed by atoms with Crippen LogP contribution >= 0.6 is 0 Å². The highest BCUT2D eigenvalue weighted by Crippen LogP contribution is 2.33. The SMILES string of the molecule is CN(C)S(=O)(=O)c1cccc(CN2CCCC2c2ccc(F)cc2)c1. The van der Waals surface area contributed by atoms with E-state index in [0.717, 1.165) is 30.5 Å². The van der Waals surface area contributed by atoms with Crippen LogP contribution in [-0.2, 0) is 16.6 Å². The van der Waals surface area contributed by atoms with E-state index in [1.165, 1.54) is 30.5 Å². The van der Waals surface area contributed by atoms with E-state index in [4.69, 9.17) is 0 Å². The first kappa shape index (κ1) is 18.0. The fourth-order valence-electron chi connectivity index (χ4n) is 3.33. The number of halogens is 1. The van der Waals surface area contributed by atoms with Crippen LogP contribution < -0.4 is 0 Å². The molecule has 6 heteroatoms. The van der Waals surface area contributed by atoms with E-state index < -0.39 is 10.0 Å². The fraction of sp³-hybridized carbons (Fsp3) is 0.368. The molecule has 1 heterocycles. The third-order valence-electron chi connectivity index (χ3n) is 4.68. The molecule has 0 bridgehead atoms. The molecule has 0 radical (unpaired) electrons. The lowest BCUT2D eigenvalue weighted by atomic mass is 10.0. The minimum Gasteiger partial charge on any atom is -0.292 e. The van der Waals surface area contributed by atoms with Gasteiger partial charge in [-0.15, -0.1) is 0 Å². The zero-order valence-corrected chi connectivity index (χ0v) is 15.3. The van der Waals surface area contributed by atoms with Gasteiger partial charge in [0.05, 0.1) is 4.90 Å². The predicted octanol–water partition coefficient (Wildman–Crippen LogP) is 3.41. The summed E-state index contributed by atoms with van der Waals surface area (Å²) in [5.74, 6) is -0.227. The van der Waals surface area contributed by atoms with Crippen LogP contribution in [0.5, 0.6) is 0 Å². The van der Waals surface area contributed by atoms with Crippen LogP contribution in [0.3, 0.4) is 0 Å². The van der Waals surface area contributed by atoms with Crippen LogP contribution in [0.15, 0.2) is 53.4 Å². The second kappa shape index (κ2) is 7.23. The molecule has 0 spiro atoms. The van der Waals surface area contributed by atoms with Gasteiger partial charge < -0.3 is 0 Å². The molecule has 2 aromatic rings. The minimum atomic E-state index is -3.43. The lowest BCUT2D eigenvalue weighted by molar-refractivity contribution is 0.248. The Morgan fingerprint density at radius 3 is 2.56 bits per heavy atom. The van der Waals surface area contributed by atoms with Gasteiger partial charge >= 0.3 is 0 Å². The van der Waals surface area contributed by atoms with Crippen molar-refractivity contribution in [2.45, 2.75) is 30.3 Å². The number of rotatable bonds is 5. The summed E-state index contributed by atoms with van der Waals surface area (Å²) in [6.07, 6.45) is 2.11. The van der Waals surface area contributed by atoms with Crippen LogP contribution in [-0.4, -0.2) is 38.3 Å². The van der Waals surface area contributed by atoms with Gasteiger partial charge in [-0.3, -0.25) is 4.90 Å². The van der Waals surface area contributed by atoms with Gasteiger partial charge in [0.15, 0.2) is 0 Å². The molecule has 4 nitrogen and oxygen atoms in total. The molecule has 1 aliphatic rings. The van der Waals surface area contributed by atoms with Crippen LogP contribution in [0.25, 0.3) is 0 Å². The highest BCUT2D eigenvalue weighted by atomic mass is 32.2. The van der Waals surface area contributed by atoms with Gasteiger partial charge in [0.25, 0.3) is 0 Å². The zero-order valence-electron chi connectivity index (χ0n) is 14.5. The van der Waals surface area contributed by atoms with E-state index in [-0.39, 0.29) is 11.9 Å². The smallest absolute Gasteiger partial charge is 0.242 e. The van der Waals surface area contributed by atoms with E-state index in [1.807, 2.05) is 18.2 Å². The van der Waals surface area contributed by atoms with Gasteiger partial charge in [0.1, 0.15) is 5.82 Å². The second-order valence-electron chi connectivity index (χ2n) is 6.61. The third kappa shape index (κ3) is 3.92. The van der Waals surface area contributed by atoms with Gasteiger partial charge in [-0.1, -0.05) is 24.3 Å². The van der Waals surface area contributed by atoms with Crippen molar-refractivity contribution in [2.24, 2.45) is 0 Å². The van der Waals surface area contributed by atoms with Crippen molar-refractivity contribution < 1.29 is 12.8 Å².